The van der Waals surface area contributed by atoms with Crippen LogP contribution in [0.1, 0.15) is 32.7 Å². The van der Waals surface area contributed by atoms with Gasteiger partial charge in [-0.2, -0.15) is 14.6 Å². The van der Waals surface area contributed by atoms with E-state index in [1.165, 1.54) is 12.1 Å². The number of carbonyl (C=O) groups is 1. The van der Waals surface area contributed by atoms with Crippen LogP contribution in [0.5, 0.6) is 0 Å². The average Bonchev–Trinajstić information content (AvgIpc) is 2.67. The third-order valence-electron chi connectivity index (χ3n) is 4.53. The molecule has 0 saturated carbocycles. The van der Waals surface area contributed by atoms with Gasteiger partial charge in [0.2, 0.25) is 11.7 Å². The van der Waals surface area contributed by atoms with Crippen LogP contribution in [0.15, 0.2) is 35.1 Å². The minimum absolute atomic E-state index is 0.0345. The fourth-order valence-corrected chi connectivity index (χ4v) is 3.34. The van der Waals surface area contributed by atoms with Crippen LogP contribution in [-0.2, 0) is 6.54 Å². The predicted molar refractivity (Wildman–Crippen MR) is 114 cm³/mol. The molecular weight excluding hydrogens is 401 g/mol. The van der Waals surface area contributed by atoms with Crippen LogP contribution in [0, 0.1) is 24.2 Å². The number of rotatable bonds is 5. The molecule has 9 nitrogen and oxygen atoms in total. The van der Waals surface area contributed by atoms with E-state index in [9.17, 15) is 19.2 Å². The monoisotopic (exact) mass is 421 g/mol. The zero-order valence-corrected chi connectivity index (χ0v) is 17.2. The van der Waals surface area contributed by atoms with Gasteiger partial charge in [-0.05, 0) is 48.4 Å². The summed E-state index contributed by atoms with van der Waals surface area (Å²) in [5, 5.41) is 9.26. The third kappa shape index (κ3) is 4.35. The van der Waals surface area contributed by atoms with Crippen molar-refractivity contribution in [2.24, 2.45) is 0 Å². The summed E-state index contributed by atoms with van der Waals surface area (Å²) in [4.78, 5) is 35.2. The Kier molecular flexibility index (Phi) is 5.70. The number of ketones is 1. The lowest BCUT2D eigenvalue weighted by Crippen LogP contribution is -2.33. The number of pyridine rings is 1. The molecule has 0 aliphatic carbocycles. The second-order valence-corrected chi connectivity index (χ2v) is 7.21. The molecule has 0 saturated heterocycles. The molecule has 0 fully saturated rings. The van der Waals surface area contributed by atoms with Gasteiger partial charge in [-0.25, -0.2) is 9.78 Å². The summed E-state index contributed by atoms with van der Waals surface area (Å²) in [7, 11) is 3.31. The molecule has 0 unspecified atom stereocenters. The van der Waals surface area contributed by atoms with E-state index in [1.807, 2.05) is 6.07 Å². The van der Waals surface area contributed by atoms with Crippen LogP contribution in [0.3, 0.4) is 0 Å². The second kappa shape index (κ2) is 8.23. The first-order chi connectivity index (χ1) is 14.6. The maximum absolute atomic E-state index is 13.7. The summed E-state index contributed by atoms with van der Waals surface area (Å²) < 4.78 is 14.8. The number of nitriles is 1. The molecule has 31 heavy (non-hydrogen) atoms. The molecule has 3 aromatic rings. The quantitative estimate of drug-likeness (QED) is 0.465. The number of anilines is 3. The maximum Gasteiger partial charge on any atom is 0.350 e. The van der Waals surface area contributed by atoms with E-state index in [0.717, 1.165) is 10.6 Å². The predicted octanol–water partition coefficient (Wildman–Crippen LogP) is 1.47. The standard InChI is InChI=1S/C21H20FN7O2/c1-11-4-12(9-23)6-14(5-11)19(30)17-18(28(2)3)20(25)27-21(31)29(17)10-13-7-15(22)26-16(24)8-13/h4-8H,10H2,1-3H3,(H2,24,26)(H2,25,27,31). The summed E-state index contributed by atoms with van der Waals surface area (Å²) >= 11 is 0. The number of nitrogen functional groups attached to an aromatic ring is 2. The van der Waals surface area contributed by atoms with E-state index >= 15 is 0 Å². The van der Waals surface area contributed by atoms with E-state index in [2.05, 4.69) is 9.97 Å². The summed E-state index contributed by atoms with van der Waals surface area (Å²) in [5.41, 5.74) is 12.5. The number of nitrogens with zero attached hydrogens (tertiary/aromatic N) is 5. The van der Waals surface area contributed by atoms with Crippen LogP contribution in [0.2, 0.25) is 0 Å². The molecule has 1 aromatic carbocycles. The minimum atomic E-state index is -0.815. The number of halogens is 1. The Hall–Kier alpha value is -4.26. The van der Waals surface area contributed by atoms with Gasteiger partial charge in [0.05, 0.1) is 18.2 Å². The van der Waals surface area contributed by atoms with E-state index in [4.69, 9.17) is 11.5 Å². The molecule has 158 valence electrons. The van der Waals surface area contributed by atoms with Crippen molar-refractivity contribution in [3.63, 3.8) is 0 Å². The summed E-state index contributed by atoms with van der Waals surface area (Å²) in [6, 6.07) is 9.21. The molecule has 0 atom stereocenters. The molecule has 0 spiro atoms. The number of benzene rings is 1. The Balaban J connectivity index is 2.29. The van der Waals surface area contributed by atoms with Gasteiger partial charge in [-0.1, -0.05) is 0 Å². The van der Waals surface area contributed by atoms with Gasteiger partial charge in [-0.3, -0.25) is 9.36 Å². The van der Waals surface area contributed by atoms with Crippen LogP contribution < -0.4 is 22.1 Å². The molecule has 0 radical (unpaired) electrons. The fraction of sp³-hybridized carbons (Fsp3) is 0.190. The van der Waals surface area contributed by atoms with Crippen molar-refractivity contribution < 1.29 is 9.18 Å². The molecular formula is C21H20FN7O2. The summed E-state index contributed by atoms with van der Waals surface area (Å²) in [6.45, 7) is 1.57. The first kappa shape index (κ1) is 21.4. The first-order valence-electron chi connectivity index (χ1n) is 9.16. The normalized spacial score (nSPS) is 10.5. The Labute approximate surface area is 177 Å². The molecule has 0 aliphatic rings. The second-order valence-electron chi connectivity index (χ2n) is 7.21. The number of aryl methyl sites for hydroxylation is 1. The molecule has 3 rings (SSSR count). The average molecular weight is 421 g/mol. The lowest BCUT2D eigenvalue weighted by atomic mass is 10.0. The molecule has 10 heteroatoms. The van der Waals surface area contributed by atoms with Gasteiger partial charge in [0.25, 0.3) is 0 Å². The van der Waals surface area contributed by atoms with Gasteiger partial charge >= 0.3 is 5.69 Å². The third-order valence-corrected chi connectivity index (χ3v) is 4.53. The van der Waals surface area contributed by atoms with Crippen LogP contribution in [-0.4, -0.2) is 34.4 Å². The molecule has 0 amide bonds. The highest BCUT2D eigenvalue weighted by molar-refractivity contribution is 6.12. The van der Waals surface area contributed by atoms with Crippen molar-refractivity contribution >= 4 is 23.1 Å². The van der Waals surface area contributed by atoms with Gasteiger partial charge in [0.15, 0.2) is 5.82 Å². The lowest BCUT2D eigenvalue weighted by molar-refractivity contribution is 0.102. The summed E-state index contributed by atoms with van der Waals surface area (Å²) in [6.07, 6.45) is 0. The largest absolute Gasteiger partial charge is 0.384 e. The highest BCUT2D eigenvalue weighted by Crippen LogP contribution is 2.27. The number of hydrogen-bond donors (Lipinski definition) is 2. The van der Waals surface area contributed by atoms with Crippen molar-refractivity contribution in [1.29, 1.82) is 5.26 Å². The minimum Gasteiger partial charge on any atom is -0.384 e. The molecule has 0 bridgehead atoms. The summed E-state index contributed by atoms with van der Waals surface area (Å²) in [5.74, 6) is -1.53. The maximum atomic E-state index is 13.7. The zero-order chi connectivity index (χ0) is 22.9. The SMILES string of the molecule is Cc1cc(C#N)cc(C(=O)c2c(N(C)C)c(N)nc(=O)n2Cc2cc(N)nc(F)c2)c1. The smallest absolute Gasteiger partial charge is 0.350 e. The van der Waals surface area contributed by atoms with Gasteiger partial charge in [-0.15, -0.1) is 0 Å². The van der Waals surface area contributed by atoms with Crippen molar-refractivity contribution in [2.45, 2.75) is 13.5 Å². The highest BCUT2D eigenvalue weighted by atomic mass is 19.1. The Bertz CT molecular complexity index is 1270. The lowest BCUT2D eigenvalue weighted by Gasteiger charge is -2.22. The number of aromatic nitrogens is 3. The molecule has 2 heterocycles. The Morgan fingerprint density at radius 3 is 2.52 bits per heavy atom. The number of nitrogens with two attached hydrogens (primary N) is 2. The van der Waals surface area contributed by atoms with E-state index in [-0.39, 0.29) is 35.1 Å². The topological polar surface area (TPSA) is 144 Å². The Morgan fingerprint density at radius 1 is 1.19 bits per heavy atom. The van der Waals surface area contributed by atoms with Crippen molar-refractivity contribution in [3.8, 4) is 6.07 Å². The van der Waals surface area contributed by atoms with Gasteiger partial charge in [0, 0.05) is 19.7 Å². The zero-order valence-electron chi connectivity index (χ0n) is 17.2. The highest BCUT2D eigenvalue weighted by Gasteiger charge is 2.25. The van der Waals surface area contributed by atoms with Gasteiger partial charge in [0.1, 0.15) is 17.2 Å². The number of hydrogen-bond acceptors (Lipinski definition) is 8. The fourth-order valence-electron chi connectivity index (χ4n) is 3.34. The van der Waals surface area contributed by atoms with E-state index in [0.29, 0.717) is 16.7 Å². The molecule has 4 N–H and O–H groups in total. The Morgan fingerprint density at radius 2 is 1.90 bits per heavy atom. The van der Waals surface area contributed by atoms with Crippen molar-refractivity contribution in [3.05, 3.63) is 74.7 Å². The molecule has 2 aromatic heterocycles. The van der Waals surface area contributed by atoms with Gasteiger partial charge < -0.3 is 16.4 Å². The van der Waals surface area contributed by atoms with E-state index in [1.54, 1.807) is 38.1 Å². The van der Waals surface area contributed by atoms with Crippen LogP contribution >= 0.6 is 0 Å². The van der Waals surface area contributed by atoms with Crippen molar-refractivity contribution in [1.82, 2.24) is 14.5 Å². The van der Waals surface area contributed by atoms with Crippen LogP contribution in [0.25, 0.3) is 0 Å². The van der Waals surface area contributed by atoms with E-state index < -0.39 is 17.4 Å². The number of carbonyl (C=O) groups excluding carboxylic acids is 1. The first-order valence-corrected chi connectivity index (χ1v) is 9.16. The van der Waals surface area contributed by atoms with Crippen LogP contribution in [0.4, 0.5) is 21.7 Å². The molecule has 0 aliphatic heterocycles. The van der Waals surface area contributed by atoms with Crippen molar-refractivity contribution in [2.75, 3.05) is 30.5 Å².